The van der Waals surface area contributed by atoms with Crippen molar-refractivity contribution in [1.29, 1.82) is 0 Å². The molecule has 1 aliphatic carbocycles. The molecule has 1 unspecified atom stereocenters. The second kappa shape index (κ2) is 4.92. The fourth-order valence-electron chi connectivity index (χ4n) is 2.39. The van der Waals surface area contributed by atoms with Crippen LogP contribution in [0.5, 0.6) is 0 Å². The molecule has 1 aromatic heterocycles. The van der Waals surface area contributed by atoms with Crippen molar-refractivity contribution in [3.63, 3.8) is 0 Å². The van der Waals surface area contributed by atoms with Gasteiger partial charge in [-0.25, -0.2) is 14.8 Å². The zero-order valence-corrected chi connectivity index (χ0v) is 11.1. The summed E-state index contributed by atoms with van der Waals surface area (Å²) in [6.07, 6.45) is 6.63. The van der Waals surface area contributed by atoms with Gasteiger partial charge in [0.25, 0.3) is 0 Å². The highest BCUT2D eigenvalue weighted by atomic mass is 16.5. The highest BCUT2D eigenvalue weighted by molar-refractivity contribution is 5.86. The fourth-order valence-corrected chi connectivity index (χ4v) is 2.39. The van der Waals surface area contributed by atoms with Gasteiger partial charge in [0.1, 0.15) is 5.82 Å². The minimum atomic E-state index is -0.463. The smallest absolute Gasteiger partial charge is 0.358 e. The summed E-state index contributed by atoms with van der Waals surface area (Å²) in [4.78, 5) is 19.5. The van der Waals surface area contributed by atoms with E-state index in [1.54, 1.807) is 6.20 Å². The molecular formula is C13H19N3O2. The number of carbonyl (C=O) groups is 1. The molecule has 5 heteroatoms. The molecule has 1 atom stereocenters. The summed E-state index contributed by atoms with van der Waals surface area (Å²) in [6, 6.07) is 0.413. The number of nitrogens with one attached hydrogen (secondary N) is 1. The van der Waals surface area contributed by atoms with Gasteiger partial charge in [-0.15, -0.1) is 0 Å². The molecule has 0 aromatic carbocycles. The van der Waals surface area contributed by atoms with Crippen LogP contribution in [0.3, 0.4) is 0 Å². The van der Waals surface area contributed by atoms with Gasteiger partial charge in [-0.1, -0.05) is 20.3 Å². The normalized spacial score (nSPS) is 21.6. The average Bonchev–Trinajstić information content (AvgIpc) is 2.69. The van der Waals surface area contributed by atoms with Gasteiger partial charge < -0.3 is 10.1 Å². The largest absolute Gasteiger partial charge is 0.464 e. The lowest BCUT2D eigenvalue weighted by Gasteiger charge is -2.28. The van der Waals surface area contributed by atoms with E-state index in [-0.39, 0.29) is 11.1 Å². The number of carbonyl (C=O) groups excluding carboxylic acids is 1. The summed E-state index contributed by atoms with van der Waals surface area (Å²) in [7, 11) is 1.33. The van der Waals surface area contributed by atoms with Crippen LogP contribution in [0, 0.1) is 5.41 Å². The molecule has 0 spiro atoms. The van der Waals surface area contributed by atoms with Gasteiger partial charge in [-0.05, 0) is 18.3 Å². The van der Waals surface area contributed by atoms with Gasteiger partial charge in [-0.3, -0.25) is 0 Å². The van der Waals surface area contributed by atoms with E-state index in [1.807, 2.05) is 0 Å². The highest BCUT2D eigenvalue weighted by Gasteiger charge is 2.34. The number of hydrogen-bond donors (Lipinski definition) is 1. The van der Waals surface area contributed by atoms with E-state index in [2.05, 4.69) is 33.9 Å². The van der Waals surface area contributed by atoms with Crippen molar-refractivity contribution in [2.24, 2.45) is 5.41 Å². The molecule has 18 heavy (non-hydrogen) atoms. The Balaban J connectivity index is 2.04. The van der Waals surface area contributed by atoms with Crippen LogP contribution < -0.4 is 5.32 Å². The van der Waals surface area contributed by atoms with E-state index in [0.717, 1.165) is 6.42 Å². The summed E-state index contributed by atoms with van der Waals surface area (Å²) in [6.45, 7) is 4.52. The van der Waals surface area contributed by atoms with Crippen LogP contribution in [0.2, 0.25) is 0 Å². The molecule has 1 saturated carbocycles. The van der Waals surface area contributed by atoms with E-state index >= 15 is 0 Å². The zero-order chi connectivity index (χ0) is 13.2. The Morgan fingerprint density at radius 2 is 2.22 bits per heavy atom. The van der Waals surface area contributed by atoms with Gasteiger partial charge in [0.15, 0.2) is 5.69 Å². The van der Waals surface area contributed by atoms with Crippen LogP contribution in [0.4, 0.5) is 5.82 Å². The Morgan fingerprint density at radius 1 is 1.44 bits per heavy atom. The maximum atomic E-state index is 11.2. The molecule has 1 N–H and O–H groups in total. The van der Waals surface area contributed by atoms with E-state index in [9.17, 15) is 4.79 Å². The lowest BCUT2D eigenvalue weighted by Crippen LogP contribution is -2.31. The van der Waals surface area contributed by atoms with Crippen molar-refractivity contribution in [3.8, 4) is 0 Å². The Bertz CT molecular complexity index is 428. The van der Waals surface area contributed by atoms with E-state index < -0.39 is 5.97 Å². The van der Waals surface area contributed by atoms with E-state index in [0.29, 0.717) is 11.9 Å². The molecular weight excluding hydrogens is 230 g/mol. The Labute approximate surface area is 107 Å². The summed E-state index contributed by atoms with van der Waals surface area (Å²) in [5.74, 6) is 0.248. The second-order valence-corrected chi connectivity index (χ2v) is 5.36. The summed E-state index contributed by atoms with van der Waals surface area (Å²) in [5, 5.41) is 3.39. The van der Waals surface area contributed by atoms with Crippen LogP contribution in [-0.2, 0) is 4.74 Å². The highest BCUT2D eigenvalue weighted by Crippen LogP contribution is 2.38. The minimum Gasteiger partial charge on any atom is -0.464 e. The molecule has 2 rings (SSSR count). The zero-order valence-electron chi connectivity index (χ0n) is 11.1. The molecule has 1 aromatic rings. The van der Waals surface area contributed by atoms with Crippen LogP contribution in [-0.4, -0.2) is 29.1 Å². The van der Waals surface area contributed by atoms with Gasteiger partial charge in [0.2, 0.25) is 0 Å². The standard InChI is InChI=1S/C13H19N3O2/c1-13(2)6-4-5-10(13)16-11-8-14-9(7-15-11)12(17)18-3/h7-8,10H,4-6H2,1-3H3,(H,15,16). The van der Waals surface area contributed by atoms with Gasteiger partial charge in [0, 0.05) is 6.04 Å². The predicted molar refractivity (Wildman–Crippen MR) is 68.4 cm³/mol. The van der Waals surface area contributed by atoms with Crippen molar-refractivity contribution >= 4 is 11.8 Å². The number of hydrogen-bond acceptors (Lipinski definition) is 5. The number of anilines is 1. The molecule has 5 nitrogen and oxygen atoms in total. The van der Waals surface area contributed by atoms with Crippen molar-refractivity contribution in [2.45, 2.75) is 39.2 Å². The molecule has 0 radical (unpaired) electrons. The lowest BCUT2D eigenvalue weighted by atomic mass is 9.87. The third kappa shape index (κ3) is 2.60. The molecule has 0 saturated heterocycles. The maximum absolute atomic E-state index is 11.2. The number of esters is 1. The third-order valence-corrected chi connectivity index (χ3v) is 3.63. The third-order valence-electron chi connectivity index (χ3n) is 3.63. The second-order valence-electron chi connectivity index (χ2n) is 5.36. The summed E-state index contributed by atoms with van der Waals surface area (Å²) >= 11 is 0. The van der Waals surface area contributed by atoms with Crippen molar-refractivity contribution in [2.75, 3.05) is 12.4 Å². The number of aromatic nitrogens is 2. The van der Waals surface area contributed by atoms with Crippen molar-refractivity contribution < 1.29 is 9.53 Å². The molecule has 1 aliphatic rings. The number of rotatable bonds is 3. The summed E-state index contributed by atoms with van der Waals surface area (Å²) < 4.78 is 4.58. The molecule has 1 fully saturated rings. The average molecular weight is 249 g/mol. The topological polar surface area (TPSA) is 64.1 Å². The Kier molecular flexibility index (Phi) is 3.50. The Hall–Kier alpha value is -1.65. The Morgan fingerprint density at radius 3 is 2.72 bits per heavy atom. The number of methoxy groups -OCH3 is 1. The molecule has 0 aliphatic heterocycles. The van der Waals surface area contributed by atoms with Crippen LogP contribution in [0.25, 0.3) is 0 Å². The van der Waals surface area contributed by atoms with Crippen LogP contribution in [0.15, 0.2) is 12.4 Å². The molecule has 0 bridgehead atoms. The van der Waals surface area contributed by atoms with Gasteiger partial charge >= 0.3 is 5.97 Å². The summed E-state index contributed by atoms with van der Waals surface area (Å²) in [5.41, 5.74) is 0.511. The SMILES string of the molecule is COC(=O)c1cnc(NC2CCCC2(C)C)cn1. The predicted octanol–water partition coefficient (Wildman–Crippen LogP) is 2.25. The number of nitrogens with zero attached hydrogens (tertiary/aromatic N) is 2. The molecule has 0 amide bonds. The number of ether oxygens (including phenoxy) is 1. The monoisotopic (exact) mass is 249 g/mol. The first-order valence-corrected chi connectivity index (χ1v) is 6.20. The quantitative estimate of drug-likeness (QED) is 0.832. The van der Waals surface area contributed by atoms with Crippen LogP contribution in [0.1, 0.15) is 43.6 Å². The fraction of sp³-hybridized carbons (Fsp3) is 0.615. The minimum absolute atomic E-state index is 0.230. The van der Waals surface area contributed by atoms with Gasteiger partial charge in [0.05, 0.1) is 19.5 Å². The maximum Gasteiger partial charge on any atom is 0.358 e. The van der Waals surface area contributed by atoms with Crippen molar-refractivity contribution in [3.05, 3.63) is 18.1 Å². The van der Waals surface area contributed by atoms with Crippen LogP contribution >= 0.6 is 0 Å². The molecule has 98 valence electrons. The first-order valence-electron chi connectivity index (χ1n) is 6.20. The van der Waals surface area contributed by atoms with E-state index in [4.69, 9.17) is 0 Å². The van der Waals surface area contributed by atoms with Crippen molar-refractivity contribution in [1.82, 2.24) is 9.97 Å². The van der Waals surface area contributed by atoms with E-state index in [1.165, 1.54) is 26.1 Å². The van der Waals surface area contributed by atoms with Gasteiger partial charge in [-0.2, -0.15) is 0 Å². The molecule has 1 heterocycles. The first kappa shape index (κ1) is 12.8. The first-order chi connectivity index (χ1) is 8.53. The lowest BCUT2D eigenvalue weighted by molar-refractivity contribution is 0.0593.